The smallest absolute Gasteiger partial charge is 0.272 e. The number of amides is 1. The highest BCUT2D eigenvalue weighted by atomic mass is 16.2. The van der Waals surface area contributed by atoms with Crippen molar-refractivity contribution in [2.45, 2.75) is 32.6 Å². The largest absolute Gasteiger partial charge is 0.355 e. The summed E-state index contributed by atoms with van der Waals surface area (Å²) in [7, 11) is 0. The molecular weight excluding hydrogens is 314 g/mol. The average molecular weight is 337 g/mol. The SMILES string of the molecule is CC(=O)c1cccc(Nc2ccnc(C(=O)N3CCCCCC3)c2)c1. The minimum absolute atomic E-state index is 0.0111. The molecule has 2 aromatic rings. The molecule has 1 saturated heterocycles. The number of ketones is 1. The van der Waals surface area contributed by atoms with Crippen LogP contribution in [0.1, 0.15) is 53.5 Å². The first kappa shape index (κ1) is 17.1. The van der Waals surface area contributed by atoms with Crippen LogP contribution >= 0.6 is 0 Å². The van der Waals surface area contributed by atoms with Crippen molar-refractivity contribution >= 4 is 23.1 Å². The zero-order valence-corrected chi connectivity index (χ0v) is 14.5. The summed E-state index contributed by atoms with van der Waals surface area (Å²) in [4.78, 5) is 30.3. The maximum atomic E-state index is 12.7. The monoisotopic (exact) mass is 337 g/mol. The van der Waals surface area contributed by atoms with Crippen LogP contribution in [0.25, 0.3) is 0 Å². The second-order valence-corrected chi connectivity index (χ2v) is 6.40. The summed E-state index contributed by atoms with van der Waals surface area (Å²) < 4.78 is 0. The van der Waals surface area contributed by atoms with Gasteiger partial charge in [-0.05, 0) is 44.0 Å². The Bertz CT molecular complexity index is 765. The fraction of sp³-hybridized carbons (Fsp3) is 0.350. The minimum Gasteiger partial charge on any atom is -0.355 e. The van der Waals surface area contributed by atoms with Crippen LogP contribution in [0, 0.1) is 0 Å². The zero-order chi connectivity index (χ0) is 17.6. The van der Waals surface area contributed by atoms with Gasteiger partial charge in [-0.15, -0.1) is 0 Å². The van der Waals surface area contributed by atoms with E-state index in [2.05, 4.69) is 10.3 Å². The van der Waals surface area contributed by atoms with Crippen LogP contribution in [0.3, 0.4) is 0 Å². The van der Waals surface area contributed by atoms with E-state index in [0.29, 0.717) is 11.3 Å². The lowest BCUT2D eigenvalue weighted by Gasteiger charge is -2.20. The van der Waals surface area contributed by atoms with E-state index in [9.17, 15) is 9.59 Å². The maximum absolute atomic E-state index is 12.7. The molecule has 5 heteroatoms. The van der Waals surface area contributed by atoms with Gasteiger partial charge in [0.1, 0.15) is 5.69 Å². The van der Waals surface area contributed by atoms with E-state index in [1.54, 1.807) is 31.3 Å². The Kier molecular flexibility index (Phi) is 5.43. The number of aromatic nitrogens is 1. The highest BCUT2D eigenvalue weighted by molar-refractivity contribution is 5.95. The van der Waals surface area contributed by atoms with Crippen LogP contribution in [0.4, 0.5) is 11.4 Å². The van der Waals surface area contributed by atoms with Gasteiger partial charge in [0, 0.05) is 36.2 Å². The standard InChI is InChI=1S/C20H23N3O2/c1-15(24)16-7-6-8-17(13-16)22-18-9-10-21-19(14-18)20(25)23-11-4-2-3-5-12-23/h6-10,13-14H,2-5,11-12H2,1H3,(H,21,22). The van der Waals surface area contributed by atoms with E-state index in [0.717, 1.165) is 37.3 Å². The Balaban J connectivity index is 1.76. The normalized spacial score (nSPS) is 14.7. The van der Waals surface area contributed by atoms with Gasteiger partial charge < -0.3 is 10.2 Å². The van der Waals surface area contributed by atoms with Gasteiger partial charge in [0.2, 0.25) is 0 Å². The molecule has 1 N–H and O–H groups in total. The third-order valence-electron chi connectivity index (χ3n) is 4.43. The highest BCUT2D eigenvalue weighted by Gasteiger charge is 2.18. The number of Topliss-reactive ketones (excluding diaryl/α,β-unsaturated/α-hetero) is 1. The van der Waals surface area contributed by atoms with Crippen molar-refractivity contribution in [2.24, 2.45) is 0 Å². The van der Waals surface area contributed by atoms with Crippen molar-refractivity contribution in [1.29, 1.82) is 0 Å². The lowest BCUT2D eigenvalue weighted by atomic mass is 10.1. The molecule has 0 spiro atoms. The lowest BCUT2D eigenvalue weighted by molar-refractivity contribution is 0.0755. The second kappa shape index (κ2) is 7.92. The molecule has 2 heterocycles. The molecule has 5 nitrogen and oxygen atoms in total. The number of pyridine rings is 1. The molecule has 1 aromatic heterocycles. The molecule has 0 unspecified atom stereocenters. The van der Waals surface area contributed by atoms with Crippen LogP contribution in [-0.4, -0.2) is 34.7 Å². The quantitative estimate of drug-likeness (QED) is 0.855. The number of anilines is 2. The molecule has 0 aliphatic carbocycles. The first-order valence-electron chi connectivity index (χ1n) is 8.77. The molecule has 1 aromatic carbocycles. The molecule has 0 bridgehead atoms. The number of carbonyl (C=O) groups excluding carboxylic acids is 2. The molecule has 1 fully saturated rings. The molecule has 1 aliphatic heterocycles. The van der Waals surface area contributed by atoms with Crippen LogP contribution in [-0.2, 0) is 0 Å². The third-order valence-corrected chi connectivity index (χ3v) is 4.43. The predicted molar refractivity (Wildman–Crippen MR) is 98.3 cm³/mol. The van der Waals surface area contributed by atoms with Gasteiger partial charge in [-0.3, -0.25) is 14.6 Å². The zero-order valence-electron chi connectivity index (χ0n) is 14.5. The van der Waals surface area contributed by atoms with Gasteiger partial charge in [0.25, 0.3) is 5.91 Å². The van der Waals surface area contributed by atoms with Crippen LogP contribution in [0.15, 0.2) is 42.6 Å². The van der Waals surface area contributed by atoms with Crippen molar-refractivity contribution in [1.82, 2.24) is 9.88 Å². The number of nitrogens with one attached hydrogen (secondary N) is 1. The molecule has 1 amide bonds. The second-order valence-electron chi connectivity index (χ2n) is 6.40. The Morgan fingerprint density at radius 1 is 1.00 bits per heavy atom. The van der Waals surface area contributed by atoms with Gasteiger partial charge in [-0.25, -0.2) is 0 Å². The fourth-order valence-electron chi connectivity index (χ4n) is 3.04. The number of hydrogen-bond donors (Lipinski definition) is 1. The highest BCUT2D eigenvalue weighted by Crippen LogP contribution is 2.20. The summed E-state index contributed by atoms with van der Waals surface area (Å²) in [5, 5.41) is 3.25. The first-order valence-corrected chi connectivity index (χ1v) is 8.77. The molecule has 25 heavy (non-hydrogen) atoms. The van der Waals surface area contributed by atoms with E-state index in [4.69, 9.17) is 0 Å². The van der Waals surface area contributed by atoms with Crippen LogP contribution < -0.4 is 5.32 Å². The van der Waals surface area contributed by atoms with Gasteiger partial charge >= 0.3 is 0 Å². The number of hydrogen-bond acceptors (Lipinski definition) is 4. The van der Waals surface area contributed by atoms with E-state index < -0.39 is 0 Å². The summed E-state index contributed by atoms with van der Waals surface area (Å²) in [5.74, 6) is 0.0124. The lowest BCUT2D eigenvalue weighted by Crippen LogP contribution is -2.32. The molecule has 1 aliphatic rings. The summed E-state index contributed by atoms with van der Waals surface area (Å²) >= 11 is 0. The van der Waals surface area contributed by atoms with Gasteiger partial charge in [-0.1, -0.05) is 25.0 Å². The molecule has 3 rings (SSSR count). The van der Waals surface area contributed by atoms with E-state index in [-0.39, 0.29) is 11.7 Å². The first-order chi connectivity index (χ1) is 12.1. The van der Waals surface area contributed by atoms with Crippen molar-refractivity contribution in [2.75, 3.05) is 18.4 Å². The Morgan fingerprint density at radius 3 is 2.44 bits per heavy atom. The van der Waals surface area contributed by atoms with Crippen molar-refractivity contribution in [3.05, 3.63) is 53.9 Å². The number of carbonyl (C=O) groups is 2. The topological polar surface area (TPSA) is 62.3 Å². The average Bonchev–Trinajstić information content (AvgIpc) is 2.91. The Hall–Kier alpha value is -2.69. The number of rotatable bonds is 4. The summed E-state index contributed by atoms with van der Waals surface area (Å²) in [6, 6.07) is 10.9. The molecule has 0 radical (unpaired) electrons. The summed E-state index contributed by atoms with van der Waals surface area (Å²) in [5.41, 5.74) is 2.70. The molecule has 130 valence electrons. The Morgan fingerprint density at radius 2 is 1.72 bits per heavy atom. The third kappa shape index (κ3) is 4.44. The number of likely N-dealkylation sites (tertiary alicyclic amines) is 1. The number of nitrogens with zero attached hydrogens (tertiary/aromatic N) is 2. The van der Waals surface area contributed by atoms with Gasteiger partial charge in [-0.2, -0.15) is 0 Å². The van der Waals surface area contributed by atoms with Crippen LogP contribution in [0.2, 0.25) is 0 Å². The van der Waals surface area contributed by atoms with Crippen LogP contribution in [0.5, 0.6) is 0 Å². The van der Waals surface area contributed by atoms with E-state index in [1.807, 2.05) is 23.1 Å². The number of benzene rings is 1. The van der Waals surface area contributed by atoms with Gasteiger partial charge in [0.05, 0.1) is 0 Å². The van der Waals surface area contributed by atoms with E-state index >= 15 is 0 Å². The maximum Gasteiger partial charge on any atom is 0.272 e. The molecule has 0 saturated carbocycles. The van der Waals surface area contributed by atoms with Crippen molar-refractivity contribution < 1.29 is 9.59 Å². The predicted octanol–water partition coefficient (Wildman–Crippen LogP) is 4.04. The summed E-state index contributed by atoms with van der Waals surface area (Å²) in [6.07, 6.45) is 6.13. The minimum atomic E-state index is -0.0111. The van der Waals surface area contributed by atoms with Gasteiger partial charge in [0.15, 0.2) is 5.78 Å². The van der Waals surface area contributed by atoms with Crippen molar-refractivity contribution in [3.8, 4) is 0 Å². The fourth-order valence-corrected chi connectivity index (χ4v) is 3.04. The molecular formula is C20H23N3O2. The Labute approximate surface area is 148 Å². The summed E-state index contributed by atoms with van der Waals surface area (Å²) in [6.45, 7) is 3.15. The van der Waals surface area contributed by atoms with E-state index in [1.165, 1.54) is 12.8 Å². The molecule has 0 atom stereocenters. The van der Waals surface area contributed by atoms with Crippen molar-refractivity contribution in [3.63, 3.8) is 0 Å².